The molecule has 0 amide bonds. The van der Waals surface area contributed by atoms with Gasteiger partial charge in [0.25, 0.3) is 0 Å². The van der Waals surface area contributed by atoms with E-state index in [9.17, 15) is 0 Å². The zero-order valence-corrected chi connectivity index (χ0v) is 13.1. The van der Waals surface area contributed by atoms with Crippen LogP contribution in [0.15, 0.2) is 18.2 Å². The number of aromatic nitrogens is 3. The molecule has 4 heteroatoms. The van der Waals surface area contributed by atoms with Crippen molar-refractivity contribution in [3.8, 4) is 0 Å². The zero-order valence-electron chi connectivity index (χ0n) is 13.1. The van der Waals surface area contributed by atoms with Gasteiger partial charge in [0, 0.05) is 11.8 Å². The van der Waals surface area contributed by atoms with Gasteiger partial charge in [-0.1, -0.05) is 13.8 Å². The van der Waals surface area contributed by atoms with Gasteiger partial charge >= 0.3 is 0 Å². The molecular weight excluding hydrogens is 260 g/mol. The Morgan fingerprint density at radius 1 is 1.05 bits per heavy atom. The van der Waals surface area contributed by atoms with E-state index in [4.69, 9.17) is 5.73 Å². The van der Waals surface area contributed by atoms with E-state index in [1.165, 1.54) is 16.8 Å². The van der Waals surface area contributed by atoms with Gasteiger partial charge in [0.2, 0.25) is 5.78 Å². The summed E-state index contributed by atoms with van der Waals surface area (Å²) >= 11 is 0. The fourth-order valence-corrected chi connectivity index (χ4v) is 3.02. The highest BCUT2D eigenvalue weighted by Crippen LogP contribution is 2.29. The first-order chi connectivity index (χ1) is 10.0. The highest BCUT2D eigenvalue weighted by atomic mass is 15.1. The lowest BCUT2D eigenvalue weighted by Crippen LogP contribution is -2.07. The summed E-state index contributed by atoms with van der Waals surface area (Å²) in [5.74, 6) is 1.72. The van der Waals surface area contributed by atoms with Crippen LogP contribution in [-0.2, 0) is 0 Å². The summed E-state index contributed by atoms with van der Waals surface area (Å²) in [7, 11) is 0. The Balaban J connectivity index is 2.43. The van der Waals surface area contributed by atoms with E-state index in [0.717, 1.165) is 23.9 Å². The molecule has 2 aromatic heterocycles. The van der Waals surface area contributed by atoms with Crippen LogP contribution in [0.3, 0.4) is 0 Å². The van der Waals surface area contributed by atoms with Crippen molar-refractivity contribution in [3.63, 3.8) is 0 Å². The molecule has 21 heavy (non-hydrogen) atoms. The Bertz CT molecular complexity index is 813. The molecule has 4 nitrogen and oxygen atoms in total. The number of rotatable bonds is 3. The van der Waals surface area contributed by atoms with Gasteiger partial charge in [0.15, 0.2) is 0 Å². The van der Waals surface area contributed by atoms with Crippen LogP contribution in [0.25, 0.3) is 16.8 Å². The molecule has 0 aliphatic carbocycles. The number of imidazole rings is 1. The summed E-state index contributed by atoms with van der Waals surface area (Å²) < 4.78 is 2.18. The van der Waals surface area contributed by atoms with Crippen LogP contribution in [0, 0.1) is 13.8 Å². The van der Waals surface area contributed by atoms with E-state index in [-0.39, 0.29) is 0 Å². The average molecular weight is 282 g/mol. The molecule has 110 valence electrons. The largest absolute Gasteiger partial charge is 0.384 e. The minimum Gasteiger partial charge on any atom is -0.384 e. The Morgan fingerprint density at radius 3 is 2.38 bits per heavy atom. The lowest BCUT2D eigenvalue weighted by atomic mass is 9.98. The van der Waals surface area contributed by atoms with Crippen molar-refractivity contribution in [2.24, 2.45) is 0 Å². The van der Waals surface area contributed by atoms with E-state index < -0.39 is 0 Å². The Morgan fingerprint density at radius 2 is 1.71 bits per heavy atom. The summed E-state index contributed by atoms with van der Waals surface area (Å²) in [4.78, 5) is 9.07. The van der Waals surface area contributed by atoms with Gasteiger partial charge in [0.1, 0.15) is 5.82 Å². The lowest BCUT2D eigenvalue weighted by molar-refractivity contribution is 0.617. The number of nitrogen functional groups attached to an aromatic ring is 1. The molecule has 0 radical (unpaired) electrons. The quantitative estimate of drug-likeness (QED) is 0.790. The number of aryl methyl sites for hydroxylation is 2. The van der Waals surface area contributed by atoms with Crippen molar-refractivity contribution in [1.29, 1.82) is 0 Å². The van der Waals surface area contributed by atoms with E-state index in [1.807, 2.05) is 6.07 Å². The summed E-state index contributed by atoms with van der Waals surface area (Å²) in [5, 5.41) is 0. The van der Waals surface area contributed by atoms with Gasteiger partial charge < -0.3 is 5.73 Å². The molecule has 0 unspecified atom stereocenters. The molecule has 0 saturated carbocycles. The van der Waals surface area contributed by atoms with Crippen LogP contribution in [-0.4, -0.2) is 14.4 Å². The molecule has 3 aromatic rings. The molecule has 0 bridgehead atoms. The topological polar surface area (TPSA) is 56.2 Å². The fraction of sp³-hybridized carbons (Fsp3) is 0.412. The van der Waals surface area contributed by atoms with Crippen LogP contribution in [0.5, 0.6) is 0 Å². The monoisotopic (exact) mass is 282 g/mol. The van der Waals surface area contributed by atoms with Gasteiger partial charge in [-0.2, -0.15) is 4.98 Å². The molecule has 0 spiro atoms. The number of anilines is 1. The van der Waals surface area contributed by atoms with Crippen LogP contribution < -0.4 is 5.73 Å². The third kappa shape index (κ3) is 2.15. The SMILES string of the molecule is CCC(CC)c1cc(N)nc2nc3cc(C)c(C)cc3n12. The van der Waals surface area contributed by atoms with E-state index in [1.54, 1.807) is 0 Å². The van der Waals surface area contributed by atoms with Crippen LogP contribution >= 0.6 is 0 Å². The van der Waals surface area contributed by atoms with Crippen molar-refractivity contribution in [2.75, 3.05) is 5.73 Å². The van der Waals surface area contributed by atoms with Gasteiger partial charge in [-0.3, -0.25) is 4.40 Å². The highest BCUT2D eigenvalue weighted by Gasteiger charge is 2.17. The van der Waals surface area contributed by atoms with Crippen LogP contribution in [0.2, 0.25) is 0 Å². The lowest BCUT2D eigenvalue weighted by Gasteiger charge is -2.16. The van der Waals surface area contributed by atoms with E-state index in [0.29, 0.717) is 17.5 Å². The van der Waals surface area contributed by atoms with Gasteiger partial charge in [-0.05, 0) is 55.9 Å². The second-order valence-electron chi connectivity index (χ2n) is 5.79. The van der Waals surface area contributed by atoms with Crippen molar-refractivity contribution >= 4 is 22.6 Å². The molecule has 0 aliphatic rings. The van der Waals surface area contributed by atoms with Crippen LogP contribution in [0.4, 0.5) is 5.82 Å². The van der Waals surface area contributed by atoms with Gasteiger partial charge in [0.05, 0.1) is 11.0 Å². The molecular formula is C17H22N4. The third-order valence-electron chi connectivity index (χ3n) is 4.44. The summed E-state index contributed by atoms with van der Waals surface area (Å²) in [5.41, 5.74) is 11.8. The average Bonchev–Trinajstić information content (AvgIpc) is 2.77. The second-order valence-corrected chi connectivity index (χ2v) is 5.79. The molecule has 0 atom stereocenters. The zero-order chi connectivity index (χ0) is 15.1. The van der Waals surface area contributed by atoms with Crippen LogP contribution in [0.1, 0.15) is 49.4 Å². The standard InChI is InChI=1S/C17H22N4/c1-5-12(6-2)14-9-16(18)20-17-19-13-7-10(3)11(4)8-15(13)21(14)17/h7-9,12H,5-6H2,1-4H3,(H2,18,19,20). The second kappa shape index (κ2) is 5.02. The van der Waals surface area contributed by atoms with E-state index >= 15 is 0 Å². The predicted octanol–water partition coefficient (Wildman–Crippen LogP) is 3.99. The minimum absolute atomic E-state index is 0.469. The number of hydrogen-bond donors (Lipinski definition) is 1. The first kappa shape index (κ1) is 13.9. The normalized spacial score (nSPS) is 11.9. The highest BCUT2D eigenvalue weighted by molar-refractivity contribution is 5.82. The van der Waals surface area contributed by atoms with Gasteiger partial charge in [-0.25, -0.2) is 4.98 Å². The van der Waals surface area contributed by atoms with Crippen molar-refractivity contribution in [2.45, 2.75) is 46.5 Å². The Hall–Kier alpha value is -2.10. The Kier molecular flexibility index (Phi) is 3.32. The minimum atomic E-state index is 0.469. The number of nitrogens with two attached hydrogens (primary N) is 1. The smallest absolute Gasteiger partial charge is 0.237 e. The maximum atomic E-state index is 5.99. The summed E-state index contributed by atoms with van der Waals surface area (Å²) in [6.45, 7) is 8.67. The number of fused-ring (bicyclic) bond motifs is 3. The third-order valence-corrected chi connectivity index (χ3v) is 4.44. The maximum Gasteiger partial charge on any atom is 0.237 e. The molecule has 0 fully saturated rings. The number of hydrogen-bond acceptors (Lipinski definition) is 3. The molecule has 0 saturated heterocycles. The molecule has 2 N–H and O–H groups in total. The maximum absolute atomic E-state index is 5.99. The Labute approximate surface area is 125 Å². The summed E-state index contributed by atoms with van der Waals surface area (Å²) in [6.07, 6.45) is 2.17. The predicted molar refractivity (Wildman–Crippen MR) is 87.7 cm³/mol. The van der Waals surface area contributed by atoms with Gasteiger partial charge in [-0.15, -0.1) is 0 Å². The number of benzene rings is 1. The fourth-order valence-electron chi connectivity index (χ4n) is 3.02. The molecule has 0 aliphatic heterocycles. The van der Waals surface area contributed by atoms with Crippen molar-refractivity contribution in [3.05, 3.63) is 35.0 Å². The first-order valence-corrected chi connectivity index (χ1v) is 7.61. The van der Waals surface area contributed by atoms with Crippen molar-refractivity contribution in [1.82, 2.24) is 14.4 Å². The molecule has 3 rings (SSSR count). The van der Waals surface area contributed by atoms with Crippen molar-refractivity contribution < 1.29 is 0 Å². The molecule has 1 aromatic carbocycles. The molecule has 2 heterocycles. The number of nitrogens with zero attached hydrogens (tertiary/aromatic N) is 3. The first-order valence-electron chi connectivity index (χ1n) is 7.61. The van der Waals surface area contributed by atoms with E-state index in [2.05, 4.69) is 54.2 Å². The summed E-state index contributed by atoms with van der Waals surface area (Å²) in [6, 6.07) is 6.33.